The number of piperidine rings is 1. The van der Waals surface area contributed by atoms with Gasteiger partial charge >= 0.3 is 0 Å². The second-order valence-electron chi connectivity index (χ2n) is 7.21. The molecule has 1 saturated carbocycles. The fourth-order valence-electron chi connectivity index (χ4n) is 4.29. The number of amides is 1. The summed E-state index contributed by atoms with van der Waals surface area (Å²) in [5.41, 5.74) is 0.859. The third-order valence-electron chi connectivity index (χ3n) is 5.79. The van der Waals surface area contributed by atoms with Gasteiger partial charge < -0.3 is 14.4 Å². The molecular formula is C19H24BrNO3. The molecule has 1 aliphatic carbocycles. The Bertz CT molecular complexity index is 593. The lowest BCUT2D eigenvalue weighted by atomic mass is 9.63. The summed E-state index contributed by atoms with van der Waals surface area (Å²) in [6, 6.07) is 8.29. The molecule has 0 radical (unpaired) electrons. The van der Waals surface area contributed by atoms with Crippen LogP contribution in [0.2, 0.25) is 0 Å². The van der Waals surface area contributed by atoms with E-state index < -0.39 is 0 Å². The fraction of sp³-hybridized carbons (Fsp3) is 0.632. The highest BCUT2D eigenvalue weighted by Crippen LogP contribution is 2.46. The van der Waals surface area contributed by atoms with Gasteiger partial charge in [-0.2, -0.15) is 0 Å². The third kappa shape index (κ3) is 2.91. The normalized spacial score (nSPS) is 27.0. The molecule has 4 nitrogen and oxygen atoms in total. The predicted octanol–water partition coefficient (Wildman–Crippen LogP) is 3.48. The number of rotatable bonds is 3. The van der Waals surface area contributed by atoms with E-state index in [1.807, 2.05) is 12.1 Å². The van der Waals surface area contributed by atoms with Crippen LogP contribution in [0.3, 0.4) is 0 Å². The van der Waals surface area contributed by atoms with Gasteiger partial charge in [-0.05, 0) is 43.4 Å². The predicted molar refractivity (Wildman–Crippen MR) is 94.7 cm³/mol. The van der Waals surface area contributed by atoms with Crippen LogP contribution in [0.25, 0.3) is 0 Å². The van der Waals surface area contributed by atoms with Gasteiger partial charge in [0.1, 0.15) is 0 Å². The van der Waals surface area contributed by atoms with E-state index in [4.69, 9.17) is 9.47 Å². The largest absolute Gasteiger partial charge is 0.350 e. The molecule has 1 aromatic rings. The van der Waals surface area contributed by atoms with Crippen LogP contribution in [0, 0.1) is 5.92 Å². The number of carbonyl (C=O) groups excluding carboxylic acids is 1. The van der Waals surface area contributed by atoms with Crippen molar-refractivity contribution in [2.24, 2.45) is 5.92 Å². The van der Waals surface area contributed by atoms with Crippen molar-refractivity contribution in [3.05, 3.63) is 34.3 Å². The lowest BCUT2D eigenvalue weighted by Gasteiger charge is -2.46. The highest BCUT2D eigenvalue weighted by Gasteiger charge is 2.48. The van der Waals surface area contributed by atoms with Gasteiger partial charge in [0.2, 0.25) is 5.91 Å². The maximum Gasteiger partial charge on any atom is 0.233 e. The van der Waals surface area contributed by atoms with Crippen LogP contribution >= 0.6 is 15.9 Å². The van der Waals surface area contributed by atoms with E-state index in [1.54, 1.807) is 0 Å². The summed E-state index contributed by atoms with van der Waals surface area (Å²) in [5, 5.41) is 0. The van der Waals surface area contributed by atoms with Crippen molar-refractivity contribution in [1.29, 1.82) is 0 Å². The lowest BCUT2D eigenvalue weighted by molar-refractivity contribution is -0.148. The van der Waals surface area contributed by atoms with Crippen LogP contribution in [-0.2, 0) is 19.7 Å². The van der Waals surface area contributed by atoms with Crippen molar-refractivity contribution >= 4 is 21.8 Å². The fourth-order valence-corrected chi connectivity index (χ4v) is 4.56. The first kappa shape index (κ1) is 16.6. The number of benzene rings is 1. The van der Waals surface area contributed by atoms with Gasteiger partial charge in [-0.15, -0.1) is 0 Å². The Hall–Kier alpha value is -0.910. The zero-order valence-corrected chi connectivity index (χ0v) is 15.5. The first-order valence-electron chi connectivity index (χ1n) is 8.98. The van der Waals surface area contributed by atoms with Crippen LogP contribution in [0.15, 0.2) is 28.7 Å². The highest BCUT2D eigenvalue weighted by molar-refractivity contribution is 9.10. The van der Waals surface area contributed by atoms with Gasteiger partial charge in [-0.25, -0.2) is 0 Å². The second-order valence-corrected chi connectivity index (χ2v) is 8.12. The van der Waals surface area contributed by atoms with Crippen LogP contribution in [-0.4, -0.2) is 43.4 Å². The summed E-state index contributed by atoms with van der Waals surface area (Å²) >= 11 is 3.49. The molecule has 2 saturated heterocycles. The van der Waals surface area contributed by atoms with E-state index in [0.717, 1.165) is 55.2 Å². The van der Waals surface area contributed by atoms with Crippen molar-refractivity contribution in [3.8, 4) is 0 Å². The molecule has 1 amide bonds. The maximum absolute atomic E-state index is 13.4. The molecule has 0 bridgehead atoms. The summed E-state index contributed by atoms with van der Waals surface area (Å²) < 4.78 is 12.4. The minimum Gasteiger partial charge on any atom is -0.350 e. The molecule has 3 aliphatic rings. The Morgan fingerprint density at radius 2 is 1.83 bits per heavy atom. The van der Waals surface area contributed by atoms with Gasteiger partial charge in [0.25, 0.3) is 0 Å². The van der Waals surface area contributed by atoms with Gasteiger partial charge in [0, 0.05) is 23.5 Å². The summed E-state index contributed by atoms with van der Waals surface area (Å²) in [7, 11) is 0. The molecule has 24 heavy (non-hydrogen) atoms. The minimum atomic E-state index is -0.306. The zero-order valence-electron chi connectivity index (χ0n) is 13.9. The van der Waals surface area contributed by atoms with Crippen LogP contribution < -0.4 is 0 Å². The molecule has 130 valence electrons. The molecule has 0 spiro atoms. The molecule has 5 heteroatoms. The van der Waals surface area contributed by atoms with E-state index >= 15 is 0 Å². The van der Waals surface area contributed by atoms with Crippen molar-refractivity contribution in [1.82, 2.24) is 4.90 Å². The van der Waals surface area contributed by atoms with Crippen molar-refractivity contribution < 1.29 is 14.3 Å². The summed E-state index contributed by atoms with van der Waals surface area (Å²) in [6.07, 6.45) is 5.06. The molecule has 2 aliphatic heterocycles. The van der Waals surface area contributed by atoms with Gasteiger partial charge in [0.15, 0.2) is 6.29 Å². The summed E-state index contributed by atoms with van der Waals surface area (Å²) in [4.78, 5) is 15.5. The number of nitrogens with zero attached hydrogens (tertiary/aromatic N) is 1. The number of likely N-dealkylation sites (tertiary alicyclic amines) is 1. The minimum absolute atomic E-state index is 0.120. The monoisotopic (exact) mass is 393 g/mol. The first-order valence-corrected chi connectivity index (χ1v) is 9.77. The lowest BCUT2D eigenvalue weighted by Crippen LogP contribution is -2.54. The van der Waals surface area contributed by atoms with Crippen LogP contribution in [0.4, 0.5) is 0 Å². The van der Waals surface area contributed by atoms with E-state index in [9.17, 15) is 4.79 Å². The quantitative estimate of drug-likeness (QED) is 0.788. The third-order valence-corrected chi connectivity index (χ3v) is 6.32. The molecule has 1 unspecified atom stereocenters. The molecule has 1 aromatic carbocycles. The first-order chi connectivity index (χ1) is 11.7. The van der Waals surface area contributed by atoms with E-state index in [1.165, 1.54) is 0 Å². The van der Waals surface area contributed by atoms with Crippen molar-refractivity contribution in [3.63, 3.8) is 0 Å². The Balaban J connectivity index is 1.51. The number of carbonyl (C=O) groups is 1. The smallest absolute Gasteiger partial charge is 0.233 e. The Kier molecular flexibility index (Phi) is 4.67. The average Bonchev–Trinajstić information content (AvgIpc) is 3.10. The van der Waals surface area contributed by atoms with Gasteiger partial charge in [0.05, 0.1) is 18.6 Å². The van der Waals surface area contributed by atoms with Crippen molar-refractivity contribution in [2.75, 3.05) is 26.3 Å². The van der Waals surface area contributed by atoms with E-state index in [-0.39, 0.29) is 11.7 Å². The maximum atomic E-state index is 13.4. The molecule has 0 N–H and O–H groups in total. The molecule has 2 heterocycles. The second kappa shape index (κ2) is 6.77. The molecule has 1 atom stereocenters. The van der Waals surface area contributed by atoms with Crippen molar-refractivity contribution in [2.45, 2.75) is 43.8 Å². The van der Waals surface area contributed by atoms with Gasteiger partial charge in [-0.3, -0.25) is 4.79 Å². The number of ether oxygens (including phenoxy) is 2. The van der Waals surface area contributed by atoms with Crippen LogP contribution in [0.1, 0.15) is 37.7 Å². The summed E-state index contributed by atoms with van der Waals surface area (Å²) in [6.45, 7) is 2.98. The Morgan fingerprint density at radius 3 is 2.46 bits per heavy atom. The SMILES string of the molecule is O=C(N1CCCC(C2OCCO2)C1)C1(c2ccc(Br)cc2)CCC1. The Morgan fingerprint density at radius 1 is 1.12 bits per heavy atom. The highest BCUT2D eigenvalue weighted by atomic mass is 79.9. The molecule has 0 aromatic heterocycles. The molecular weight excluding hydrogens is 370 g/mol. The number of hydrogen-bond acceptors (Lipinski definition) is 3. The topological polar surface area (TPSA) is 38.8 Å². The van der Waals surface area contributed by atoms with Crippen LogP contribution in [0.5, 0.6) is 0 Å². The average molecular weight is 394 g/mol. The van der Waals surface area contributed by atoms with Gasteiger partial charge in [-0.1, -0.05) is 34.5 Å². The number of halogens is 1. The zero-order chi connectivity index (χ0) is 16.6. The van der Waals surface area contributed by atoms with E-state index in [0.29, 0.717) is 25.0 Å². The molecule has 3 fully saturated rings. The number of hydrogen-bond donors (Lipinski definition) is 0. The Labute approximate surface area is 151 Å². The molecule has 4 rings (SSSR count). The standard InChI is InChI=1S/C19H24BrNO3/c20-16-6-4-15(5-7-16)19(8-2-9-19)18(22)21-10-1-3-14(13-21)17-23-11-12-24-17/h4-7,14,17H,1-3,8-13H2. The summed E-state index contributed by atoms with van der Waals surface area (Å²) in [5.74, 6) is 0.617. The van der Waals surface area contributed by atoms with E-state index in [2.05, 4.69) is 33.0 Å².